The molecule has 3 N–H and O–H groups in total. The van der Waals surface area contributed by atoms with E-state index in [0.717, 1.165) is 26.9 Å². The molecule has 31 heavy (non-hydrogen) atoms. The van der Waals surface area contributed by atoms with Crippen LogP contribution in [0.2, 0.25) is 0 Å². The fourth-order valence-electron chi connectivity index (χ4n) is 3.60. The number of methoxy groups -OCH3 is 1. The van der Waals surface area contributed by atoms with E-state index in [0.29, 0.717) is 29.6 Å². The highest BCUT2D eigenvalue weighted by atomic mass is 79.9. The highest BCUT2D eigenvalue weighted by Gasteiger charge is 2.36. The monoisotopic (exact) mass is 480 g/mol. The topological polar surface area (TPSA) is 106 Å². The number of hydrogen-bond acceptors (Lipinski definition) is 6. The van der Waals surface area contributed by atoms with E-state index in [2.05, 4.69) is 32.2 Å². The van der Waals surface area contributed by atoms with Gasteiger partial charge < -0.3 is 19.9 Å². The van der Waals surface area contributed by atoms with Gasteiger partial charge >= 0.3 is 0 Å². The largest absolute Gasteiger partial charge is 0.493 e. The number of halogens is 1. The number of allylic oxidation sites excluding steroid dienone is 1. The van der Waals surface area contributed by atoms with Gasteiger partial charge in [-0.3, -0.25) is 5.10 Å². The van der Waals surface area contributed by atoms with Gasteiger partial charge in [-0.25, -0.2) is 0 Å². The summed E-state index contributed by atoms with van der Waals surface area (Å²) < 4.78 is 17.9. The van der Waals surface area contributed by atoms with Crippen molar-refractivity contribution in [3.05, 3.63) is 80.3 Å². The van der Waals surface area contributed by atoms with Crippen molar-refractivity contribution >= 4 is 15.9 Å². The van der Waals surface area contributed by atoms with Gasteiger partial charge in [0.1, 0.15) is 18.2 Å². The summed E-state index contributed by atoms with van der Waals surface area (Å²) in [6.45, 7) is 4.33. The molecule has 0 unspecified atom stereocenters. The summed E-state index contributed by atoms with van der Waals surface area (Å²) in [7, 11) is 1.58. The lowest BCUT2D eigenvalue weighted by Crippen LogP contribution is -2.21. The maximum atomic E-state index is 9.78. The first-order chi connectivity index (χ1) is 14.9. The minimum Gasteiger partial charge on any atom is -0.493 e. The number of aryl methyl sites for hydroxylation is 2. The molecular weight excluding hydrogens is 460 g/mol. The minimum absolute atomic E-state index is 0.0389. The Morgan fingerprint density at radius 3 is 2.65 bits per heavy atom. The smallest absolute Gasteiger partial charge is 0.244 e. The molecule has 0 amide bonds. The second-order valence-corrected chi connectivity index (χ2v) is 8.15. The van der Waals surface area contributed by atoms with Gasteiger partial charge in [-0.1, -0.05) is 45.8 Å². The number of benzene rings is 2. The molecule has 158 valence electrons. The standard InChI is InChI=1S/C23H21BrN4O3/c1-12-4-6-14(7-5-12)11-30-19-9-17(24)15(8-18(19)29-3)21-16(10-25)22(26)31-23-20(21)13(2)27-28-23/h4-9,21H,11,26H2,1-3H3,(H,27,28)/t21-/m1/s1. The van der Waals surface area contributed by atoms with Gasteiger partial charge in [0, 0.05) is 15.7 Å². The fraction of sp³-hybridized carbons (Fsp3) is 0.217. The summed E-state index contributed by atoms with van der Waals surface area (Å²) in [6, 6.07) is 14.0. The van der Waals surface area contributed by atoms with Gasteiger partial charge in [0.2, 0.25) is 11.8 Å². The predicted octanol–water partition coefficient (Wildman–Crippen LogP) is 4.59. The molecule has 4 rings (SSSR count). The average molecular weight is 481 g/mol. The predicted molar refractivity (Wildman–Crippen MR) is 119 cm³/mol. The second-order valence-electron chi connectivity index (χ2n) is 7.29. The fourth-order valence-corrected chi connectivity index (χ4v) is 4.15. The number of H-pyrrole nitrogens is 1. The number of aromatic amines is 1. The second kappa shape index (κ2) is 8.36. The number of nitrogens with zero attached hydrogens (tertiary/aromatic N) is 2. The zero-order valence-electron chi connectivity index (χ0n) is 17.3. The van der Waals surface area contributed by atoms with Crippen LogP contribution in [0.3, 0.4) is 0 Å². The molecule has 7 nitrogen and oxygen atoms in total. The summed E-state index contributed by atoms with van der Waals surface area (Å²) in [5.41, 5.74) is 10.9. The molecule has 8 heteroatoms. The number of ether oxygens (including phenoxy) is 3. The number of fused-ring (bicyclic) bond motifs is 1. The lowest BCUT2D eigenvalue weighted by molar-refractivity contribution is 0.284. The molecule has 1 atom stereocenters. The summed E-state index contributed by atoms with van der Waals surface area (Å²) in [5, 5.41) is 16.9. The van der Waals surface area contributed by atoms with Crippen molar-refractivity contribution in [1.82, 2.24) is 10.2 Å². The van der Waals surface area contributed by atoms with Crippen molar-refractivity contribution in [3.63, 3.8) is 0 Å². The Labute approximate surface area is 188 Å². The number of rotatable bonds is 5. The highest BCUT2D eigenvalue weighted by Crippen LogP contribution is 2.47. The zero-order valence-corrected chi connectivity index (χ0v) is 18.9. The Balaban J connectivity index is 1.73. The van der Waals surface area contributed by atoms with Gasteiger partial charge in [-0.15, -0.1) is 5.10 Å². The molecule has 1 aromatic heterocycles. The van der Waals surface area contributed by atoms with Gasteiger partial charge in [-0.2, -0.15) is 5.26 Å². The molecule has 0 bridgehead atoms. The number of hydrogen-bond donors (Lipinski definition) is 2. The molecule has 2 heterocycles. The van der Waals surface area contributed by atoms with E-state index >= 15 is 0 Å². The van der Waals surface area contributed by atoms with Crippen molar-refractivity contribution in [2.24, 2.45) is 5.73 Å². The number of nitriles is 1. The van der Waals surface area contributed by atoms with E-state index in [1.54, 1.807) is 7.11 Å². The molecule has 0 aliphatic carbocycles. The third-order valence-corrected chi connectivity index (χ3v) is 5.93. The zero-order chi connectivity index (χ0) is 22.1. The van der Waals surface area contributed by atoms with Gasteiger partial charge in [0.05, 0.1) is 13.0 Å². The molecule has 1 aliphatic rings. The Morgan fingerprint density at radius 2 is 1.97 bits per heavy atom. The van der Waals surface area contributed by atoms with E-state index in [1.807, 2.05) is 50.2 Å². The third-order valence-electron chi connectivity index (χ3n) is 5.24. The van der Waals surface area contributed by atoms with Gasteiger partial charge in [0.25, 0.3) is 0 Å². The van der Waals surface area contributed by atoms with Crippen LogP contribution in [0.1, 0.15) is 33.9 Å². The molecular formula is C23H21BrN4O3. The molecule has 0 saturated carbocycles. The molecule has 0 radical (unpaired) electrons. The van der Waals surface area contributed by atoms with Crippen LogP contribution in [0.25, 0.3) is 0 Å². The summed E-state index contributed by atoms with van der Waals surface area (Å²) in [5.74, 6) is 1.09. The summed E-state index contributed by atoms with van der Waals surface area (Å²) in [4.78, 5) is 0. The first-order valence-electron chi connectivity index (χ1n) is 9.61. The van der Waals surface area contributed by atoms with E-state index in [9.17, 15) is 5.26 Å². The van der Waals surface area contributed by atoms with Crippen molar-refractivity contribution in [2.75, 3.05) is 7.11 Å². The Bertz CT molecular complexity index is 1210. The quantitative estimate of drug-likeness (QED) is 0.552. The van der Waals surface area contributed by atoms with Crippen LogP contribution in [-0.2, 0) is 6.61 Å². The summed E-state index contributed by atoms with van der Waals surface area (Å²) >= 11 is 3.64. The van der Waals surface area contributed by atoms with Crippen LogP contribution in [-0.4, -0.2) is 17.3 Å². The van der Waals surface area contributed by atoms with Crippen molar-refractivity contribution in [2.45, 2.75) is 26.4 Å². The van der Waals surface area contributed by atoms with E-state index in [4.69, 9.17) is 19.9 Å². The molecule has 0 fully saturated rings. The average Bonchev–Trinajstić information content (AvgIpc) is 3.12. The molecule has 3 aromatic rings. The van der Waals surface area contributed by atoms with Crippen molar-refractivity contribution in [3.8, 4) is 23.4 Å². The molecule has 2 aromatic carbocycles. The van der Waals surface area contributed by atoms with E-state index in [-0.39, 0.29) is 5.88 Å². The van der Waals surface area contributed by atoms with Crippen LogP contribution in [0, 0.1) is 25.2 Å². The van der Waals surface area contributed by atoms with Crippen LogP contribution in [0.15, 0.2) is 52.3 Å². The lowest BCUT2D eigenvalue weighted by Gasteiger charge is -2.25. The highest BCUT2D eigenvalue weighted by molar-refractivity contribution is 9.10. The molecule has 0 spiro atoms. The van der Waals surface area contributed by atoms with Gasteiger partial charge in [-0.05, 0) is 37.1 Å². The maximum Gasteiger partial charge on any atom is 0.244 e. The SMILES string of the molecule is COc1cc([C@@H]2C(C#N)=C(N)Oc3n[nH]c(C)c32)c(Br)cc1OCc1ccc(C)cc1. The Hall–Kier alpha value is -3.44. The summed E-state index contributed by atoms with van der Waals surface area (Å²) in [6.07, 6.45) is 0. The molecule has 1 aliphatic heterocycles. The first-order valence-corrected chi connectivity index (χ1v) is 10.4. The van der Waals surface area contributed by atoms with Crippen molar-refractivity contribution in [1.29, 1.82) is 5.26 Å². The third kappa shape index (κ3) is 3.84. The number of nitrogens with one attached hydrogen (secondary N) is 1. The van der Waals surface area contributed by atoms with Crippen LogP contribution < -0.4 is 19.9 Å². The van der Waals surface area contributed by atoms with E-state index < -0.39 is 5.92 Å². The van der Waals surface area contributed by atoms with E-state index in [1.165, 1.54) is 5.56 Å². The normalized spacial score (nSPS) is 15.1. The number of nitrogens with two attached hydrogens (primary N) is 1. The van der Waals surface area contributed by atoms with Gasteiger partial charge in [0.15, 0.2) is 11.5 Å². The number of aromatic nitrogens is 2. The first kappa shape index (κ1) is 20.8. The Kier molecular flexibility index (Phi) is 5.61. The van der Waals surface area contributed by atoms with Crippen LogP contribution in [0.5, 0.6) is 17.4 Å². The lowest BCUT2D eigenvalue weighted by atomic mass is 9.84. The maximum absolute atomic E-state index is 9.78. The van der Waals surface area contributed by atoms with Crippen LogP contribution in [0.4, 0.5) is 0 Å². The molecule has 0 saturated heterocycles. The minimum atomic E-state index is -0.457. The van der Waals surface area contributed by atoms with Crippen LogP contribution >= 0.6 is 15.9 Å². The van der Waals surface area contributed by atoms with Crippen molar-refractivity contribution < 1.29 is 14.2 Å². The Morgan fingerprint density at radius 1 is 1.23 bits per heavy atom.